The van der Waals surface area contributed by atoms with Gasteiger partial charge in [0.15, 0.2) is 0 Å². The molecule has 3 nitrogen and oxygen atoms in total. The first kappa shape index (κ1) is 13.1. The Morgan fingerprint density at radius 1 is 1.28 bits per heavy atom. The van der Waals surface area contributed by atoms with Crippen LogP contribution in [0.2, 0.25) is 5.02 Å². The minimum absolute atomic E-state index is 0.185. The SMILES string of the molecule is O=C(NCc1ccccc1Cl)c1cccnc1Br. The van der Waals surface area contributed by atoms with E-state index in [4.69, 9.17) is 11.6 Å². The number of rotatable bonds is 3. The number of halogens is 2. The van der Waals surface area contributed by atoms with Crippen LogP contribution in [0, 0.1) is 0 Å². The molecule has 1 heterocycles. The molecule has 0 saturated carbocycles. The lowest BCUT2D eigenvalue weighted by molar-refractivity contribution is 0.0949. The number of pyridine rings is 1. The molecule has 0 atom stereocenters. The van der Waals surface area contributed by atoms with E-state index in [1.54, 1.807) is 24.4 Å². The molecule has 1 amide bonds. The fraction of sp³-hybridized carbons (Fsp3) is 0.0769. The van der Waals surface area contributed by atoms with E-state index in [1.807, 2.05) is 18.2 Å². The summed E-state index contributed by atoms with van der Waals surface area (Å²) in [5.74, 6) is -0.185. The molecule has 2 rings (SSSR count). The zero-order valence-electron chi connectivity index (χ0n) is 9.36. The van der Waals surface area contributed by atoms with Gasteiger partial charge in [-0.15, -0.1) is 0 Å². The highest BCUT2D eigenvalue weighted by Gasteiger charge is 2.10. The first-order valence-corrected chi connectivity index (χ1v) is 6.47. The van der Waals surface area contributed by atoms with Crippen molar-refractivity contribution in [3.05, 3.63) is 63.3 Å². The number of carbonyl (C=O) groups is 1. The largest absolute Gasteiger partial charge is 0.348 e. The molecule has 2 aromatic rings. The van der Waals surface area contributed by atoms with Crippen molar-refractivity contribution < 1.29 is 4.79 Å². The quantitative estimate of drug-likeness (QED) is 0.879. The van der Waals surface area contributed by atoms with Gasteiger partial charge in [0.2, 0.25) is 0 Å². The predicted molar refractivity (Wildman–Crippen MR) is 74.6 cm³/mol. The molecule has 0 saturated heterocycles. The summed E-state index contributed by atoms with van der Waals surface area (Å²) in [5, 5.41) is 3.45. The van der Waals surface area contributed by atoms with Crippen molar-refractivity contribution in [2.45, 2.75) is 6.54 Å². The van der Waals surface area contributed by atoms with E-state index < -0.39 is 0 Å². The normalized spacial score (nSPS) is 10.1. The summed E-state index contributed by atoms with van der Waals surface area (Å²) < 4.78 is 0.529. The highest BCUT2D eigenvalue weighted by molar-refractivity contribution is 9.10. The molecule has 92 valence electrons. The van der Waals surface area contributed by atoms with Gasteiger partial charge in [-0.05, 0) is 39.7 Å². The fourth-order valence-electron chi connectivity index (χ4n) is 1.47. The van der Waals surface area contributed by atoms with E-state index in [0.29, 0.717) is 21.7 Å². The Bertz CT molecular complexity index is 574. The molecule has 5 heteroatoms. The van der Waals surface area contributed by atoms with Gasteiger partial charge in [-0.3, -0.25) is 4.79 Å². The van der Waals surface area contributed by atoms with Crippen LogP contribution in [-0.2, 0) is 6.54 Å². The summed E-state index contributed by atoms with van der Waals surface area (Å²) in [6.45, 7) is 0.389. The molecule has 0 aliphatic heterocycles. The first-order valence-electron chi connectivity index (χ1n) is 5.30. The van der Waals surface area contributed by atoms with Gasteiger partial charge in [0.05, 0.1) is 5.56 Å². The zero-order valence-corrected chi connectivity index (χ0v) is 11.7. The van der Waals surface area contributed by atoms with Crippen LogP contribution in [0.5, 0.6) is 0 Å². The van der Waals surface area contributed by atoms with Crippen molar-refractivity contribution in [3.8, 4) is 0 Å². The third-order valence-corrected chi connectivity index (χ3v) is 3.40. The lowest BCUT2D eigenvalue weighted by Crippen LogP contribution is -2.23. The minimum Gasteiger partial charge on any atom is -0.348 e. The van der Waals surface area contributed by atoms with E-state index in [2.05, 4.69) is 26.2 Å². The molecule has 0 aliphatic rings. The molecule has 1 N–H and O–H groups in total. The van der Waals surface area contributed by atoms with Crippen molar-refractivity contribution in [1.82, 2.24) is 10.3 Å². The van der Waals surface area contributed by atoms with Gasteiger partial charge in [0, 0.05) is 17.8 Å². The van der Waals surface area contributed by atoms with Crippen molar-refractivity contribution in [3.63, 3.8) is 0 Å². The minimum atomic E-state index is -0.185. The van der Waals surface area contributed by atoms with Crippen LogP contribution in [0.25, 0.3) is 0 Å². The van der Waals surface area contributed by atoms with Gasteiger partial charge in [-0.25, -0.2) is 4.98 Å². The number of carbonyl (C=O) groups excluding carboxylic acids is 1. The van der Waals surface area contributed by atoms with Crippen LogP contribution in [-0.4, -0.2) is 10.9 Å². The molecule has 18 heavy (non-hydrogen) atoms. The third kappa shape index (κ3) is 3.09. The monoisotopic (exact) mass is 324 g/mol. The van der Waals surface area contributed by atoms with Crippen LogP contribution in [0.4, 0.5) is 0 Å². The third-order valence-electron chi connectivity index (χ3n) is 2.40. The van der Waals surface area contributed by atoms with Crippen molar-refractivity contribution in [2.24, 2.45) is 0 Å². The van der Waals surface area contributed by atoms with Crippen LogP contribution < -0.4 is 5.32 Å². The summed E-state index contributed by atoms with van der Waals surface area (Å²) in [5.41, 5.74) is 1.39. The summed E-state index contributed by atoms with van der Waals surface area (Å²) in [7, 11) is 0. The number of hydrogen-bond acceptors (Lipinski definition) is 2. The molecule has 0 radical (unpaired) electrons. The molecule has 1 aromatic heterocycles. The van der Waals surface area contributed by atoms with E-state index in [0.717, 1.165) is 5.56 Å². The van der Waals surface area contributed by atoms with Crippen LogP contribution in [0.3, 0.4) is 0 Å². The van der Waals surface area contributed by atoms with Crippen LogP contribution >= 0.6 is 27.5 Å². The molecule has 1 aromatic carbocycles. The van der Waals surface area contributed by atoms with Crippen LogP contribution in [0.1, 0.15) is 15.9 Å². The maximum Gasteiger partial charge on any atom is 0.254 e. The zero-order chi connectivity index (χ0) is 13.0. The Kier molecular flexibility index (Phi) is 4.33. The molecular formula is C13H10BrClN2O. The molecule has 0 spiro atoms. The molecular weight excluding hydrogens is 316 g/mol. The van der Waals surface area contributed by atoms with Gasteiger partial charge < -0.3 is 5.32 Å². The number of nitrogens with one attached hydrogen (secondary N) is 1. The smallest absolute Gasteiger partial charge is 0.254 e. The molecule has 0 fully saturated rings. The standard InChI is InChI=1S/C13H10BrClN2O/c14-12-10(5-3-7-16-12)13(18)17-8-9-4-1-2-6-11(9)15/h1-7H,8H2,(H,17,18). The fourth-order valence-corrected chi connectivity index (χ4v) is 2.10. The number of benzene rings is 1. The Morgan fingerprint density at radius 2 is 2.06 bits per heavy atom. The van der Waals surface area contributed by atoms with E-state index in [9.17, 15) is 4.79 Å². The first-order chi connectivity index (χ1) is 8.68. The Balaban J connectivity index is 2.06. The summed E-state index contributed by atoms with van der Waals surface area (Å²) in [6.07, 6.45) is 1.62. The van der Waals surface area contributed by atoms with E-state index in [-0.39, 0.29) is 5.91 Å². The predicted octanol–water partition coefficient (Wildman–Crippen LogP) is 3.43. The summed E-state index contributed by atoms with van der Waals surface area (Å²) in [6, 6.07) is 10.8. The van der Waals surface area contributed by atoms with E-state index >= 15 is 0 Å². The van der Waals surface area contributed by atoms with Gasteiger partial charge in [0.1, 0.15) is 4.60 Å². The highest BCUT2D eigenvalue weighted by Crippen LogP contribution is 2.16. The second-order valence-corrected chi connectivity index (χ2v) is 4.77. The number of hydrogen-bond donors (Lipinski definition) is 1. The van der Waals surface area contributed by atoms with Gasteiger partial charge in [0.25, 0.3) is 5.91 Å². The number of nitrogens with zero attached hydrogens (tertiary/aromatic N) is 1. The number of aromatic nitrogens is 1. The summed E-state index contributed by atoms with van der Waals surface area (Å²) >= 11 is 9.25. The lowest BCUT2D eigenvalue weighted by atomic mass is 10.2. The Labute approximate surface area is 118 Å². The average Bonchev–Trinajstić information content (AvgIpc) is 2.38. The lowest BCUT2D eigenvalue weighted by Gasteiger charge is -2.07. The topological polar surface area (TPSA) is 42.0 Å². The van der Waals surface area contributed by atoms with Crippen molar-refractivity contribution in [1.29, 1.82) is 0 Å². The van der Waals surface area contributed by atoms with Gasteiger partial charge in [-0.2, -0.15) is 0 Å². The average molecular weight is 326 g/mol. The van der Waals surface area contributed by atoms with Gasteiger partial charge in [-0.1, -0.05) is 29.8 Å². The van der Waals surface area contributed by atoms with E-state index in [1.165, 1.54) is 0 Å². The maximum absolute atomic E-state index is 11.9. The van der Waals surface area contributed by atoms with Crippen molar-refractivity contribution in [2.75, 3.05) is 0 Å². The summed E-state index contributed by atoms with van der Waals surface area (Å²) in [4.78, 5) is 15.9. The second-order valence-electron chi connectivity index (χ2n) is 3.62. The highest BCUT2D eigenvalue weighted by atomic mass is 79.9. The Hall–Kier alpha value is -1.39. The van der Waals surface area contributed by atoms with Crippen molar-refractivity contribution >= 4 is 33.4 Å². The second kappa shape index (κ2) is 5.98. The maximum atomic E-state index is 11.9. The van der Waals surface area contributed by atoms with Gasteiger partial charge >= 0.3 is 0 Å². The number of amides is 1. The molecule has 0 bridgehead atoms. The Morgan fingerprint density at radius 3 is 2.78 bits per heavy atom. The molecule has 0 aliphatic carbocycles. The molecule has 0 unspecified atom stereocenters. The van der Waals surface area contributed by atoms with Crippen LogP contribution in [0.15, 0.2) is 47.2 Å².